The van der Waals surface area contributed by atoms with Crippen molar-refractivity contribution in [1.82, 2.24) is 10.4 Å². The molecule has 0 aliphatic heterocycles. The molecule has 0 aliphatic rings. The van der Waals surface area contributed by atoms with Gasteiger partial charge in [0.2, 0.25) is 0 Å². The van der Waals surface area contributed by atoms with Gasteiger partial charge in [0.25, 0.3) is 5.91 Å². The molecule has 0 saturated carbocycles. The third-order valence-corrected chi connectivity index (χ3v) is 4.07. The Hall–Kier alpha value is -2.53. The Morgan fingerprint density at radius 1 is 1.18 bits per heavy atom. The Balaban J connectivity index is 1.70. The van der Waals surface area contributed by atoms with Gasteiger partial charge in [0, 0.05) is 22.0 Å². The molecule has 3 rings (SSSR count). The number of para-hydroxylation sites is 1. The first-order valence-corrected chi connectivity index (χ1v) is 8.04. The summed E-state index contributed by atoms with van der Waals surface area (Å²) < 4.78 is 0. The summed E-state index contributed by atoms with van der Waals surface area (Å²) in [6, 6.07) is 15.6. The lowest BCUT2D eigenvalue weighted by Crippen LogP contribution is -2.17. The first-order valence-electron chi connectivity index (χ1n) is 6.81. The van der Waals surface area contributed by atoms with Crippen molar-refractivity contribution in [3.05, 3.63) is 65.9 Å². The van der Waals surface area contributed by atoms with Crippen LogP contribution in [-0.4, -0.2) is 23.4 Å². The van der Waals surface area contributed by atoms with E-state index in [1.165, 1.54) is 4.90 Å². The van der Waals surface area contributed by atoms with E-state index in [4.69, 9.17) is 0 Å². The molecule has 0 fully saturated rings. The Kier molecular flexibility index (Phi) is 4.25. The summed E-state index contributed by atoms with van der Waals surface area (Å²) in [4.78, 5) is 16.4. The van der Waals surface area contributed by atoms with Gasteiger partial charge < -0.3 is 4.98 Å². The standard InChI is InChI=1S/C17H15N3OS/c1-22-13-8-6-12(7-9-13)10-19-20-17(21)15-11-18-16-5-3-2-4-14(15)16/h2-11,18H,1H3,(H,20,21)/b19-10+. The van der Waals surface area contributed by atoms with Crippen molar-refractivity contribution in [2.45, 2.75) is 4.90 Å². The van der Waals surface area contributed by atoms with Crippen molar-refractivity contribution >= 4 is 34.8 Å². The quantitative estimate of drug-likeness (QED) is 0.439. The number of H-pyrrole nitrogens is 1. The number of benzene rings is 2. The molecule has 22 heavy (non-hydrogen) atoms. The molecule has 4 nitrogen and oxygen atoms in total. The fourth-order valence-corrected chi connectivity index (χ4v) is 2.58. The van der Waals surface area contributed by atoms with Crippen LogP contribution in [0, 0.1) is 0 Å². The molecular weight excluding hydrogens is 294 g/mol. The molecule has 5 heteroatoms. The summed E-state index contributed by atoms with van der Waals surface area (Å²) in [6.07, 6.45) is 5.37. The molecule has 1 aromatic heterocycles. The number of hydrazone groups is 1. The summed E-state index contributed by atoms with van der Waals surface area (Å²) in [5.74, 6) is -0.227. The van der Waals surface area contributed by atoms with Crippen LogP contribution in [0.5, 0.6) is 0 Å². The minimum absolute atomic E-state index is 0.227. The summed E-state index contributed by atoms with van der Waals surface area (Å²) in [6.45, 7) is 0. The number of thioether (sulfide) groups is 1. The van der Waals surface area contributed by atoms with Crippen LogP contribution in [0.4, 0.5) is 0 Å². The highest BCUT2D eigenvalue weighted by atomic mass is 32.2. The Morgan fingerprint density at radius 3 is 2.73 bits per heavy atom. The number of amides is 1. The second-order valence-corrected chi connectivity index (χ2v) is 5.60. The first-order chi connectivity index (χ1) is 10.8. The topological polar surface area (TPSA) is 57.2 Å². The van der Waals surface area contributed by atoms with Gasteiger partial charge in [-0.2, -0.15) is 5.10 Å². The molecule has 2 aromatic carbocycles. The van der Waals surface area contributed by atoms with Crippen molar-refractivity contribution < 1.29 is 4.79 Å². The van der Waals surface area contributed by atoms with Gasteiger partial charge in [-0.1, -0.05) is 30.3 Å². The summed E-state index contributed by atoms with van der Waals surface area (Å²) in [7, 11) is 0. The van der Waals surface area contributed by atoms with Gasteiger partial charge in [0.05, 0.1) is 11.8 Å². The Morgan fingerprint density at radius 2 is 1.95 bits per heavy atom. The maximum Gasteiger partial charge on any atom is 0.273 e. The van der Waals surface area contributed by atoms with E-state index in [9.17, 15) is 4.79 Å². The average Bonchev–Trinajstić information content (AvgIpc) is 2.99. The summed E-state index contributed by atoms with van der Waals surface area (Å²) in [5, 5.41) is 4.90. The molecule has 1 amide bonds. The average molecular weight is 309 g/mol. The van der Waals surface area contributed by atoms with Gasteiger partial charge >= 0.3 is 0 Å². The van der Waals surface area contributed by atoms with Crippen LogP contribution >= 0.6 is 11.8 Å². The number of aromatic amines is 1. The fourth-order valence-electron chi connectivity index (χ4n) is 2.18. The molecule has 0 bridgehead atoms. The van der Waals surface area contributed by atoms with E-state index >= 15 is 0 Å². The van der Waals surface area contributed by atoms with Crippen LogP contribution in [0.25, 0.3) is 10.9 Å². The number of nitrogens with zero attached hydrogens (tertiary/aromatic N) is 1. The zero-order valence-corrected chi connectivity index (χ0v) is 12.9. The van der Waals surface area contributed by atoms with Gasteiger partial charge in [-0.15, -0.1) is 11.8 Å². The lowest BCUT2D eigenvalue weighted by Gasteiger charge is -1.99. The number of fused-ring (bicyclic) bond motifs is 1. The predicted octanol–water partition coefficient (Wildman–Crippen LogP) is 3.65. The van der Waals surface area contributed by atoms with Gasteiger partial charge in [-0.25, -0.2) is 5.43 Å². The lowest BCUT2D eigenvalue weighted by molar-refractivity contribution is 0.0957. The van der Waals surface area contributed by atoms with Crippen LogP contribution in [0.2, 0.25) is 0 Å². The largest absolute Gasteiger partial charge is 0.360 e. The molecule has 110 valence electrons. The van der Waals surface area contributed by atoms with Crippen LogP contribution < -0.4 is 5.43 Å². The molecule has 0 unspecified atom stereocenters. The second-order valence-electron chi connectivity index (χ2n) is 4.72. The fraction of sp³-hybridized carbons (Fsp3) is 0.0588. The molecule has 0 spiro atoms. The lowest BCUT2D eigenvalue weighted by atomic mass is 10.2. The minimum atomic E-state index is -0.227. The van der Waals surface area contributed by atoms with Gasteiger partial charge in [0.1, 0.15) is 0 Å². The van der Waals surface area contributed by atoms with E-state index < -0.39 is 0 Å². The van der Waals surface area contributed by atoms with Crippen molar-refractivity contribution in [3.8, 4) is 0 Å². The van der Waals surface area contributed by atoms with Crippen LogP contribution in [0.15, 0.2) is 64.7 Å². The molecule has 1 heterocycles. The maximum atomic E-state index is 12.2. The highest BCUT2D eigenvalue weighted by molar-refractivity contribution is 7.98. The molecule has 0 atom stereocenters. The smallest absolute Gasteiger partial charge is 0.273 e. The SMILES string of the molecule is CSc1ccc(/C=N/NC(=O)c2c[nH]c3ccccc23)cc1. The number of carbonyl (C=O) groups is 1. The van der Waals surface area contributed by atoms with E-state index in [2.05, 4.69) is 15.5 Å². The Bertz CT molecular complexity index is 821. The van der Waals surface area contributed by atoms with Gasteiger partial charge in [-0.05, 0) is 30.0 Å². The minimum Gasteiger partial charge on any atom is -0.360 e. The number of nitrogens with one attached hydrogen (secondary N) is 2. The van der Waals surface area contributed by atoms with Crippen molar-refractivity contribution in [2.75, 3.05) is 6.26 Å². The molecule has 0 saturated heterocycles. The van der Waals surface area contributed by atoms with Crippen molar-refractivity contribution in [2.24, 2.45) is 5.10 Å². The molecular formula is C17H15N3OS. The summed E-state index contributed by atoms with van der Waals surface area (Å²) in [5.41, 5.74) is 5.02. The Labute approximate surface area is 132 Å². The second kappa shape index (κ2) is 6.49. The van der Waals surface area contributed by atoms with Crippen molar-refractivity contribution in [1.29, 1.82) is 0 Å². The third-order valence-electron chi connectivity index (χ3n) is 3.33. The zero-order chi connectivity index (χ0) is 15.4. The maximum absolute atomic E-state index is 12.2. The van der Waals surface area contributed by atoms with E-state index in [0.29, 0.717) is 5.56 Å². The van der Waals surface area contributed by atoms with Gasteiger partial charge in [-0.3, -0.25) is 4.79 Å². The first kappa shape index (κ1) is 14.4. The predicted molar refractivity (Wildman–Crippen MR) is 91.6 cm³/mol. The van der Waals surface area contributed by atoms with Crippen LogP contribution in [0.1, 0.15) is 15.9 Å². The zero-order valence-electron chi connectivity index (χ0n) is 12.0. The van der Waals surface area contributed by atoms with Crippen LogP contribution in [-0.2, 0) is 0 Å². The number of aromatic nitrogens is 1. The number of hydrogen-bond donors (Lipinski definition) is 2. The van der Waals surface area contributed by atoms with E-state index in [-0.39, 0.29) is 5.91 Å². The van der Waals surface area contributed by atoms with E-state index in [1.807, 2.05) is 54.8 Å². The van der Waals surface area contributed by atoms with Crippen LogP contribution in [0.3, 0.4) is 0 Å². The molecule has 0 aliphatic carbocycles. The molecule has 3 aromatic rings. The third kappa shape index (κ3) is 3.04. The molecule has 0 radical (unpaired) electrons. The highest BCUT2D eigenvalue weighted by Gasteiger charge is 2.10. The molecule has 2 N–H and O–H groups in total. The van der Waals surface area contributed by atoms with Gasteiger partial charge in [0.15, 0.2) is 0 Å². The number of carbonyl (C=O) groups excluding carboxylic acids is 1. The van der Waals surface area contributed by atoms with E-state index in [0.717, 1.165) is 16.5 Å². The van der Waals surface area contributed by atoms with Crippen molar-refractivity contribution in [3.63, 3.8) is 0 Å². The normalized spacial score (nSPS) is 11.1. The highest BCUT2D eigenvalue weighted by Crippen LogP contribution is 2.17. The summed E-state index contributed by atoms with van der Waals surface area (Å²) >= 11 is 1.69. The monoisotopic (exact) mass is 309 g/mol. The number of hydrogen-bond acceptors (Lipinski definition) is 3. The number of rotatable bonds is 4. The van der Waals surface area contributed by atoms with E-state index in [1.54, 1.807) is 24.2 Å².